The average Bonchev–Trinajstić information content (AvgIpc) is 3.20. The molecule has 0 aliphatic heterocycles. The molecule has 120 valence electrons. The quantitative estimate of drug-likeness (QED) is 0.651. The molecule has 23 heavy (non-hydrogen) atoms. The summed E-state index contributed by atoms with van der Waals surface area (Å²) in [6, 6.07) is 8.55. The van der Waals surface area contributed by atoms with Crippen LogP contribution < -0.4 is 9.47 Å². The highest BCUT2D eigenvalue weighted by Crippen LogP contribution is 2.58. The van der Waals surface area contributed by atoms with Crippen molar-refractivity contribution in [3.63, 3.8) is 0 Å². The van der Waals surface area contributed by atoms with Crippen LogP contribution in [0, 0.1) is 0 Å². The fourth-order valence-corrected chi connectivity index (χ4v) is 4.00. The molecule has 0 spiro atoms. The second kappa shape index (κ2) is 5.92. The Morgan fingerprint density at radius 1 is 0.826 bits per heavy atom. The first kappa shape index (κ1) is 14.6. The molecule has 2 aliphatic carbocycles. The Kier molecular flexibility index (Phi) is 3.76. The van der Waals surface area contributed by atoms with E-state index in [1.807, 2.05) is 0 Å². The predicted molar refractivity (Wildman–Crippen MR) is 94.8 cm³/mol. The van der Waals surface area contributed by atoms with Gasteiger partial charge in [0.1, 0.15) is 11.5 Å². The molecular formula is C21H24O2. The second-order valence-electron chi connectivity index (χ2n) is 6.56. The Bertz CT molecular complexity index is 698. The molecule has 2 atom stereocenters. The van der Waals surface area contributed by atoms with Gasteiger partial charge < -0.3 is 9.47 Å². The van der Waals surface area contributed by atoms with Crippen molar-refractivity contribution >= 4 is 10.8 Å². The van der Waals surface area contributed by atoms with E-state index in [-0.39, 0.29) is 0 Å². The normalized spacial score (nSPS) is 21.0. The van der Waals surface area contributed by atoms with E-state index < -0.39 is 0 Å². The topological polar surface area (TPSA) is 18.5 Å². The number of hydrogen-bond donors (Lipinski definition) is 0. The summed E-state index contributed by atoms with van der Waals surface area (Å²) >= 11 is 0. The van der Waals surface area contributed by atoms with Crippen LogP contribution in [0.3, 0.4) is 0 Å². The minimum Gasteiger partial charge on any atom is -0.493 e. The molecule has 0 N–H and O–H groups in total. The fourth-order valence-electron chi connectivity index (χ4n) is 4.00. The third-order valence-electron chi connectivity index (χ3n) is 4.92. The molecule has 0 fully saturated rings. The lowest BCUT2D eigenvalue weighted by Gasteiger charge is -2.23. The Hall–Kier alpha value is -1.96. The lowest BCUT2D eigenvalue weighted by Crippen LogP contribution is -2.07. The molecule has 2 aliphatic rings. The number of ether oxygens (including phenoxy) is 2. The van der Waals surface area contributed by atoms with Gasteiger partial charge in [0.2, 0.25) is 0 Å². The van der Waals surface area contributed by atoms with Crippen molar-refractivity contribution in [3.8, 4) is 11.5 Å². The molecule has 2 aromatic rings. The summed E-state index contributed by atoms with van der Waals surface area (Å²) in [6.07, 6.45) is 7.94. The van der Waals surface area contributed by atoms with Crippen LogP contribution in [0.1, 0.15) is 56.1 Å². The van der Waals surface area contributed by atoms with Crippen LogP contribution in [0.25, 0.3) is 10.8 Å². The van der Waals surface area contributed by atoms with Gasteiger partial charge in [0.05, 0.1) is 13.2 Å². The minimum atomic E-state index is 0.496. The van der Waals surface area contributed by atoms with Gasteiger partial charge >= 0.3 is 0 Å². The Morgan fingerprint density at radius 2 is 1.30 bits per heavy atom. The highest BCUT2D eigenvalue weighted by atomic mass is 16.5. The Morgan fingerprint density at radius 3 is 1.74 bits per heavy atom. The second-order valence-corrected chi connectivity index (χ2v) is 6.56. The third-order valence-corrected chi connectivity index (χ3v) is 4.92. The van der Waals surface area contributed by atoms with Crippen LogP contribution in [0.2, 0.25) is 0 Å². The summed E-state index contributed by atoms with van der Waals surface area (Å²) in [4.78, 5) is 0. The summed E-state index contributed by atoms with van der Waals surface area (Å²) in [7, 11) is 0. The van der Waals surface area contributed by atoms with Crippen LogP contribution >= 0.6 is 0 Å². The minimum absolute atomic E-state index is 0.496. The average molecular weight is 308 g/mol. The molecular weight excluding hydrogens is 284 g/mol. The number of allylic oxidation sites excluding steroid dienone is 2. The van der Waals surface area contributed by atoms with Crippen LogP contribution in [0.5, 0.6) is 11.5 Å². The van der Waals surface area contributed by atoms with Crippen molar-refractivity contribution in [2.75, 3.05) is 13.2 Å². The molecule has 2 heteroatoms. The summed E-state index contributed by atoms with van der Waals surface area (Å²) in [5.41, 5.74) is 2.77. The molecule has 0 radical (unpaired) electrons. The summed E-state index contributed by atoms with van der Waals surface area (Å²) < 4.78 is 12.5. The molecule has 0 aromatic heterocycles. The molecule has 2 nitrogen and oxygen atoms in total. The Balaban J connectivity index is 1.97. The first-order chi connectivity index (χ1) is 11.3. The standard InChI is InChI=1S/C21H24O2/c1-3-11-22-20-16-7-5-6-8-17(16)21(23-12-4-2)19-15-10-9-14(13-15)18(19)20/h5-10,14-15H,3-4,11-13H2,1-2H3. The smallest absolute Gasteiger partial charge is 0.131 e. The van der Waals surface area contributed by atoms with E-state index in [4.69, 9.17) is 9.47 Å². The zero-order chi connectivity index (χ0) is 15.8. The number of fused-ring (bicyclic) bond motifs is 6. The first-order valence-electron chi connectivity index (χ1n) is 8.87. The van der Waals surface area contributed by atoms with Gasteiger partial charge in [-0.05, 0) is 19.3 Å². The molecule has 0 amide bonds. The predicted octanol–water partition coefficient (Wildman–Crippen LogP) is 5.56. The van der Waals surface area contributed by atoms with Crippen LogP contribution in [-0.2, 0) is 0 Å². The van der Waals surface area contributed by atoms with E-state index in [0.717, 1.165) is 37.6 Å². The van der Waals surface area contributed by atoms with Crippen LogP contribution in [-0.4, -0.2) is 13.2 Å². The largest absolute Gasteiger partial charge is 0.493 e. The molecule has 0 saturated heterocycles. The number of hydrogen-bond acceptors (Lipinski definition) is 2. The maximum absolute atomic E-state index is 6.23. The van der Waals surface area contributed by atoms with E-state index in [0.29, 0.717) is 11.8 Å². The zero-order valence-corrected chi connectivity index (χ0v) is 14.0. The summed E-state index contributed by atoms with van der Waals surface area (Å²) in [5.74, 6) is 3.18. The van der Waals surface area contributed by atoms with Gasteiger partial charge in [0.15, 0.2) is 0 Å². The molecule has 2 aromatic carbocycles. The van der Waals surface area contributed by atoms with E-state index in [2.05, 4.69) is 50.3 Å². The Labute approximate surface area is 138 Å². The van der Waals surface area contributed by atoms with E-state index in [9.17, 15) is 0 Å². The lowest BCUT2D eigenvalue weighted by atomic mass is 9.90. The maximum atomic E-state index is 6.23. The van der Waals surface area contributed by atoms with E-state index >= 15 is 0 Å². The van der Waals surface area contributed by atoms with Crippen molar-refractivity contribution in [3.05, 3.63) is 47.5 Å². The lowest BCUT2D eigenvalue weighted by molar-refractivity contribution is 0.310. The molecule has 2 unspecified atom stereocenters. The first-order valence-corrected chi connectivity index (χ1v) is 8.87. The fraction of sp³-hybridized carbons (Fsp3) is 0.429. The summed E-state index contributed by atoms with van der Waals surface area (Å²) in [6.45, 7) is 5.86. The van der Waals surface area contributed by atoms with E-state index in [1.54, 1.807) is 0 Å². The molecule has 2 bridgehead atoms. The highest BCUT2D eigenvalue weighted by Gasteiger charge is 2.39. The van der Waals surface area contributed by atoms with Crippen molar-refractivity contribution in [1.29, 1.82) is 0 Å². The van der Waals surface area contributed by atoms with Gasteiger partial charge in [0, 0.05) is 33.7 Å². The highest BCUT2D eigenvalue weighted by molar-refractivity contribution is 5.97. The monoisotopic (exact) mass is 308 g/mol. The van der Waals surface area contributed by atoms with Gasteiger partial charge in [-0.1, -0.05) is 50.3 Å². The third kappa shape index (κ3) is 2.23. The van der Waals surface area contributed by atoms with Crippen LogP contribution in [0.15, 0.2) is 36.4 Å². The molecule has 0 heterocycles. The van der Waals surface area contributed by atoms with Gasteiger partial charge in [-0.15, -0.1) is 0 Å². The van der Waals surface area contributed by atoms with Crippen molar-refractivity contribution in [2.45, 2.75) is 44.9 Å². The summed E-state index contributed by atoms with van der Waals surface area (Å²) in [5, 5.41) is 2.40. The van der Waals surface area contributed by atoms with Crippen LogP contribution in [0.4, 0.5) is 0 Å². The van der Waals surface area contributed by atoms with Gasteiger partial charge in [-0.3, -0.25) is 0 Å². The molecule has 0 saturated carbocycles. The van der Waals surface area contributed by atoms with Gasteiger partial charge in [0.25, 0.3) is 0 Å². The molecule has 4 rings (SSSR count). The number of rotatable bonds is 6. The van der Waals surface area contributed by atoms with Crippen molar-refractivity contribution < 1.29 is 9.47 Å². The zero-order valence-electron chi connectivity index (χ0n) is 14.0. The van der Waals surface area contributed by atoms with Gasteiger partial charge in [-0.2, -0.15) is 0 Å². The van der Waals surface area contributed by atoms with Crippen molar-refractivity contribution in [1.82, 2.24) is 0 Å². The van der Waals surface area contributed by atoms with Gasteiger partial charge in [-0.25, -0.2) is 0 Å². The van der Waals surface area contributed by atoms with E-state index in [1.165, 1.54) is 28.3 Å². The number of benzene rings is 2. The van der Waals surface area contributed by atoms with Crippen molar-refractivity contribution in [2.24, 2.45) is 0 Å². The SMILES string of the molecule is CCCOc1c2c(c(OCCC)c3ccccc13)C1C=CC2C1. The maximum Gasteiger partial charge on any atom is 0.131 e.